The molecule has 1 aliphatic heterocycles. The number of amides is 1. The average Bonchev–Trinajstić information content (AvgIpc) is 3.45. The number of methoxy groups -OCH3 is 1. The number of carbonyl (C=O) groups is 1. The highest BCUT2D eigenvalue weighted by Gasteiger charge is 2.45. The predicted octanol–water partition coefficient (Wildman–Crippen LogP) is 5.41. The number of nitrogens with zero attached hydrogens (tertiary/aromatic N) is 3. The van der Waals surface area contributed by atoms with Crippen LogP contribution >= 0.6 is 22.9 Å². The van der Waals surface area contributed by atoms with E-state index in [0.29, 0.717) is 51.2 Å². The third-order valence-electron chi connectivity index (χ3n) is 5.76. The van der Waals surface area contributed by atoms with Crippen LogP contribution in [0.4, 0.5) is 5.13 Å². The maximum absolute atomic E-state index is 13.7. The van der Waals surface area contributed by atoms with Crippen molar-refractivity contribution in [3.63, 3.8) is 0 Å². The van der Waals surface area contributed by atoms with E-state index in [0.717, 1.165) is 11.4 Å². The van der Waals surface area contributed by atoms with Crippen molar-refractivity contribution in [2.45, 2.75) is 32.7 Å². The van der Waals surface area contributed by atoms with Gasteiger partial charge in [0.05, 0.1) is 30.7 Å². The zero-order valence-corrected chi connectivity index (χ0v) is 20.9. The van der Waals surface area contributed by atoms with Crippen molar-refractivity contribution in [3.05, 3.63) is 73.5 Å². The fraction of sp³-hybridized carbons (Fsp3) is 0.280. The fourth-order valence-electron chi connectivity index (χ4n) is 4.13. The molecule has 0 spiro atoms. The number of hydrogen-bond acceptors (Lipinski definition) is 8. The highest BCUT2D eigenvalue weighted by atomic mass is 35.5. The third kappa shape index (κ3) is 3.94. The second-order valence-corrected chi connectivity index (χ2v) is 9.46. The van der Waals surface area contributed by atoms with Gasteiger partial charge in [-0.3, -0.25) is 14.5 Å². The molecule has 0 saturated carbocycles. The lowest BCUT2D eigenvalue weighted by Gasteiger charge is -2.23. The Hall–Kier alpha value is -3.43. The summed E-state index contributed by atoms with van der Waals surface area (Å²) in [6, 6.07) is 9.34. The maximum Gasteiger partial charge on any atom is 0.297 e. The van der Waals surface area contributed by atoms with Crippen LogP contribution < -0.4 is 19.8 Å². The number of benzene rings is 2. The summed E-state index contributed by atoms with van der Waals surface area (Å²) in [5.41, 5.74) is 0.844. The molecule has 8 nitrogen and oxygen atoms in total. The van der Waals surface area contributed by atoms with E-state index in [4.69, 9.17) is 25.5 Å². The van der Waals surface area contributed by atoms with Gasteiger partial charge in [-0.1, -0.05) is 42.9 Å². The molecule has 10 heteroatoms. The summed E-state index contributed by atoms with van der Waals surface area (Å²) in [4.78, 5) is 28.8. The van der Waals surface area contributed by atoms with E-state index < -0.39 is 11.9 Å². The van der Waals surface area contributed by atoms with Gasteiger partial charge in [-0.15, -0.1) is 10.2 Å². The van der Waals surface area contributed by atoms with Crippen LogP contribution in [0.5, 0.6) is 11.5 Å². The van der Waals surface area contributed by atoms with Gasteiger partial charge in [-0.05, 0) is 48.7 Å². The largest absolute Gasteiger partial charge is 0.493 e. The van der Waals surface area contributed by atoms with Gasteiger partial charge in [-0.2, -0.15) is 0 Å². The Kier molecular flexibility index (Phi) is 6.21. The average molecular weight is 512 g/mol. The van der Waals surface area contributed by atoms with E-state index in [2.05, 4.69) is 10.2 Å². The maximum atomic E-state index is 13.7. The molecule has 5 rings (SSSR count). The van der Waals surface area contributed by atoms with E-state index in [9.17, 15) is 9.59 Å². The molecule has 0 unspecified atom stereocenters. The zero-order valence-electron chi connectivity index (χ0n) is 19.3. The minimum absolute atomic E-state index is 0.0200. The summed E-state index contributed by atoms with van der Waals surface area (Å²) >= 11 is 7.46. The van der Waals surface area contributed by atoms with Crippen molar-refractivity contribution in [2.75, 3.05) is 18.6 Å². The van der Waals surface area contributed by atoms with Crippen LogP contribution in [0.25, 0.3) is 11.0 Å². The minimum Gasteiger partial charge on any atom is -0.493 e. The van der Waals surface area contributed by atoms with Crippen LogP contribution in [0.2, 0.25) is 5.02 Å². The van der Waals surface area contributed by atoms with E-state index >= 15 is 0 Å². The lowest BCUT2D eigenvalue weighted by molar-refractivity contribution is 0.0970. The summed E-state index contributed by atoms with van der Waals surface area (Å²) in [7, 11) is 1.55. The zero-order chi connectivity index (χ0) is 24.7. The number of halogens is 1. The van der Waals surface area contributed by atoms with Crippen LogP contribution in [0.1, 0.15) is 53.0 Å². The van der Waals surface area contributed by atoms with Gasteiger partial charge >= 0.3 is 0 Å². The van der Waals surface area contributed by atoms with Crippen molar-refractivity contribution in [2.24, 2.45) is 0 Å². The molecule has 0 saturated heterocycles. The molecular formula is C25H22ClN3O5S. The standard InChI is InChI=1S/C25H22ClN3O5S/c1-4-10-33-17-8-6-13(11-18(17)32-3)21-20-22(30)15-12-14(26)7-9-16(15)34-23(20)24(31)29(21)25-28-27-19(5-2)35-25/h6-9,11-12,21H,4-5,10H2,1-3H3/t21-/m1/s1. The summed E-state index contributed by atoms with van der Waals surface area (Å²) in [5.74, 6) is 0.601. The highest BCUT2D eigenvalue weighted by Crippen LogP contribution is 2.44. The molecule has 2 aromatic heterocycles. The molecule has 0 bridgehead atoms. The second-order valence-electron chi connectivity index (χ2n) is 7.98. The molecule has 180 valence electrons. The Morgan fingerprint density at radius 1 is 1.11 bits per heavy atom. The van der Waals surface area contributed by atoms with E-state index in [1.165, 1.54) is 16.2 Å². The van der Waals surface area contributed by atoms with Crippen LogP contribution in [-0.2, 0) is 6.42 Å². The van der Waals surface area contributed by atoms with Crippen molar-refractivity contribution < 1.29 is 18.7 Å². The number of carbonyl (C=O) groups excluding carboxylic acids is 1. The van der Waals surface area contributed by atoms with Crippen LogP contribution in [-0.4, -0.2) is 29.8 Å². The Morgan fingerprint density at radius 3 is 2.66 bits per heavy atom. The van der Waals surface area contributed by atoms with Crippen molar-refractivity contribution in [3.8, 4) is 11.5 Å². The quantitative estimate of drug-likeness (QED) is 0.327. The molecule has 3 heterocycles. The molecule has 4 aromatic rings. The minimum atomic E-state index is -0.788. The third-order valence-corrected chi connectivity index (χ3v) is 7.06. The molecule has 1 amide bonds. The van der Waals surface area contributed by atoms with Crippen LogP contribution in [0.15, 0.2) is 45.6 Å². The SMILES string of the molecule is CCCOc1ccc([C@@H]2c3c(oc4ccc(Cl)cc4c3=O)C(=O)N2c2nnc(CC)s2)cc1OC. The van der Waals surface area contributed by atoms with Crippen LogP contribution in [0, 0.1) is 0 Å². The molecular weight excluding hydrogens is 490 g/mol. The normalized spacial score (nSPS) is 15.0. The van der Waals surface area contributed by atoms with Gasteiger partial charge in [0, 0.05) is 5.02 Å². The first-order valence-electron chi connectivity index (χ1n) is 11.2. The van der Waals surface area contributed by atoms with E-state index in [1.54, 1.807) is 37.4 Å². The molecule has 0 N–H and O–H groups in total. The number of ether oxygens (including phenoxy) is 2. The first-order chi connectivity index (χ1) is 17.0. The summed E-state index contributed by atoms with van der Waals surface area (Å²) in [6.45, 7) is 4.51. The number of aromatic nitrogens is 2. The molecule has 0 fully saturated rings. The number of fused-ring (bicyclic) bond motifs is 2. The Balaban J connectivity index is 1.74. The number of anilines is 1. The van der Waals surface area contributed by atoms with Gasteiger partial charge in [-0.25, -0.2) is 0 Å². The molecule has 0 aliphatic carbocycles. The highest BCUT2D eigenvalue weighted by molar-refractivity contribution is 7.15. The molecule has 0 radical (unpaired) electrons. The van der Waals surface area contributed by atoms with E-state index in [-0.39, 0.29) is 16.8 Å². The molecule has 2 aromatic carbocycles. The first-order valence-corrected chi connectivity index (χ1v) is 12.4. The number of hydrogen-bond donors (Lipinski definition) is 0. The Labute approximate surface area is 210 Å². The second kappa shape index (κ2) is 9.31. The first kappa shape index (κ1) is 23.3. The Bertz CT molecular complexity index is 1500. The summed E-state index contributed by atoms with van der Waals surface area (Å²) in [6.07, 6.45) is 1.52. The lowest BCUT2D eigenvalue weighted by Crippen LogP contribution is -2.29. The van der Waals surface area contributed by atoms with E-state index in [1.807, 2.05) is 19.9 Å². The topological polar surface area (TPSA) is 94.8 Å². The van der Waals surface area contributed by atoms with Gasteiger partial charge < -0.3 is 13.9 Å². The fourth-order valence-corrected chi connectivity index (χ4v) is 5.11. The molecule has 1 aliphatic rings. The van der Waals surface area contributed by atoms with Gasteiger partial charge in [0.2, 0.25) is 10.9 Å². The van der Waals surface area contributed by atoms with Crippen LogP contribution in [0.3, 0.4) is 0 Å². The summed E-state index contributed by atoms with van der Waals surface area (Å²) in [5, 5.41) is 10.3. The summed E-state index contributed by atoms with van der Waals surface area (Å²) < 4.78 is 17.3. The van der Waals surface area contributed by atoms with Crippen molar-refractivity contribution in [1.29, 1.82) is 0 Å². The molecule has 35 heavy (non-hydrogen) atoms. The number of aryl methyl sites for hydroxylation is 1. The lowest BCUT2D eigenvalue weighted by atomic mass is 9.98. The van der Waals surface area contributed by atoms with Gasteiger partial charge in [0.25, 0.3) is 5.91 Å². The molecule has 1 atom stereocenters. The number of rotatable bonds is 7. The van der Waals surface area contributed by atoms with Crippen molar-refractivity contribution in [1.82, 2.24) is 10.2 Å². The predicted molar refractivity (Wildman–Crippen MR) is 134 cm³/mol. The van der Waals surface area contributed by atoms with Crippen molar-refractivity contribution >= 4 is 44.9 Å². The monoisotopic (exact) mass is 511 g/mol. The van der Waals surface area contributed by atoms with Gasteiger partial charge in [0.1, 0.15) is 10.6 Å². The smallest absolute Gasteiger partial charge is 0.297 e. The van der Waals surface area contributed by atoms with Gasteiger partial charge in [0.15, 0.2) is 16.9 Å². The Morgan fingerprint density at radius 2 is 1.94 bits per heavy atom.